The van der Waals surface area contributed by atoms with Gasteiger partial charge in [0, 0.05) is 19.0 Å². The number of aromatic nitrogens is 3. The van der Waals surface area contributed by atoms with E-state index in [1.807, 2.05) is 11.6 Å². The summed E-state index contributed by atoms with van der Waals surface area (Å²) in [5.74, 6) is 0.850. The van der Waals surface area contributed by atoms with Gasteiger partial charge >= 0.3 is 6.01 Å². The van der Waals surface area contributed by atoms with Crippen molar-refractivity contribution in [2.45, 2.75) is 122 Å². The first-order valence-corrected chi connectivity index (χ1v) is 18.6. The number of hydrogen-bond donors (Lipinski definition) is 0. The maximum Gasteiger partial charge on any atom is 0.316 e. The minimum atomic E-state index is -1.07. The van der Waals surface area contributed by atoms with Gasteiger partial charge in [-0.2, -0.15) is 4.57 Å². The van der Waals surface area contributed by atoms with E-state index in [0.717, 1.165) is 13.0 Å². The van der Waals surface area contributed by atoms with E-state index in [1.54, 1.807) is 29.8 Å². The van der Waals surface area contributed by atoms with Crippen LogP contribution in [0, 0.1) is 0 Å². The Balaban J connectivity index is 0.00000882. The van der Waals surface area contributed by atoms with Gasteiger partial charge < -0.3 is 31.2 Å². The second-order valence-electron chi connectivity index (χ2n) is 10.8. The SMILES string of the molecule is CCCCCCCCCCCCCCCCCCOCC(C[S+]([O-])CCOCC[n+]1ccsc1)Oc1ncccn1.[Cl-]. The Bertz CT molecular complexity index is 808. The lowest BCUT2D eigenvalue weighted by Crippen LogP contribution is -3.00. The molecule has 2 heterocycles. The Labute approximate surface area is 269 Å². The molecule has 0 aliphatic rings. The largest absolute Gasteiger partial charge is 1.00 e. The van der Waals surface area contributed by atoms with Gasteiger partial charge in [-0.05, 0) is 23.7 Å². The van der Waals surface area contributed by atoms with Crippen LogP contribution in [-0.2, 0) is 27.2 Å². The zero-order chi connectivity index (χ0) is 29.1. The first-order chi connectivity index (χ1) is 20.3. The molecule has 0 aliphatic carbocycles. The molecule has 42 heavy (non-hydrogen) atoms. The lowest BCUT2D eigenvalue weighted by atomic mass is 10.0. The molecule has 0 saturated heterocycles. The molecule has 0 aliphatic heterocycles. The van der Waals surface area contributed by atoms with E-state index in [4.69, 9.17) is 14.2 Å². The molecule has 10 heteroatoms. The van der Waals surface area contributed by atoms with E-state index in [1.165, 1.54) is 96.3 Å². The molecule has 0 fully saturated rings. The zero-order valence-corrected chi connectivity index (χ0v) is 28.4. The minimum Gasteiger partial charge on any atom is -1.00 e. The predicted octanol–water partition coefficient (Wildman–Crippen LogP) is 4.32. The molecule has 0 bridgehead atoms. The maximum atomic E-state index is 12.7. The normalized spacial score (nSPS) is 12.6. The first-order valence-electron chi connectivity index (χ1n) is 16.1. The molecule has 0 aromatic carbocycles. The average Bonchev–Trinajstić information content (AvgIpc) is 3.50. The summed E-state index contributed by atoms with van der Waals surface area (Å²) in [6.07, 6.45) is 26.7. The monoisotopic (exact) mass is 645 g/mol. The van der Waals surface area contributed by atoms with Gasteiger partial charge in [0.1, 0.15) is 18.1 Å². The van der Waals surface area contributed by atoms with E-state index in [0.29, 0.717) is 43.9 Å². The second-order valence-corrected chi connectivity index (χ2v) is 13.2. The Kier molecular flexibility index (Phi) is 26.8. The van der Waals surface area contributed by atoms with E-state index >= 15 is 0 Å². The Hall–Kier alpha value is -0.970. The van der Waals surface area contributed by atoms with E-state index in [2.05, 4.69) is 27.0 Å². The smallest absolute Gasteiger partial charge is 0.316 e. The fourth-order valence-corrected chi connectivity index (χ4v) is 6.36. The van der Waals surface area contributed by atoms with Crippen molar-refractivity contribution in [3.05, 3.63) is 35.5 Å². The zero-order valence-electron chi connectivity index (χ0n) is 26.0. The van der Waals surface area contributed by atoms with Gasteiger partial charge in [0.2, 0.25) is 5.51 Å². The van der Waals surface area contributed by atoms with Gasteiger partial charge in [0.25, 0.3) is 0 Å². The molecular weight excluding hydrogens is 590 g/mol. The molecule has 2 atom stereocenters. The van der Waals surface area contributed by atoms with Crippen molar-refractivity contribution in [2.75, 3.05) is 37.9 Å². The van der Waals surface area contributed by atoms with Gasteiger partial charge in [-0.1, -0.05) is 115 Å². The lowest BCUT2D eigenvalue weighted by Gasteiger charge is -2.20. The van der Waals surface area contributed by atoms with Gasteiger partial charge in [-0.25, -0.2) is 9.97 Å². The highest BCUT2D eigenvalue weighted by Crippen LogP contribution is 2.14. The lowest BCUT2D eigenvalue weighted by molar-refractivity contribution is -0.693. The van der Waals surface area contributed by atoms with Crippen molar-refractivity contribution >= 4 is 22.5 Å². The molecule has 0 amide bonds. The molecular formula is C32H56ClN3O4S2. The Morgan fingerprint density at radius 2 is 1.40 bits per heavy atom. The minimum absolute atomic E-state index is 0. The van der Waals surface area contributed by atoms with Crippen LogP contribution >= 0.6 is 11.3 Å². The van der Waals surface area contributed by atoms with Crippen LogP contribution in [-0.4, -0.2) is 58.6 Å². The van der Waals surface area contributed by atoms with Gasteiger partial charge in [0.15, 0.2) is 18.8 Å². The quantitative estimate of drug-likeness (QED) is 0.0745. The molecule has 2 aromatic rings. The second kappa shape index (κ2) is 28.8. The summed E-state index contributed by atoms with van der Waals surface area (Å²) in [6.45, 7) is 5.25. The van der Waals surface area contributed by atoms with Crippen molar-refractivity contribution in [3.8, 4) is 6.01 Å². The van der Waals surface area contributed by atoms with Crippen molar-refractivity contribution in [2.24, 2.45) is 0 Å². The van der Waals surface area contributed by atoms with Gasteiger partial charge in [0.05, 0.1) is 18.6 Å². The molecule has 2 rings (SSSR count). The summed E-state index contributed by atoms with van der Waals surface area (Å²) in [4.78, 5) is 8.31. The molecule has 2 aromatic heterocycles. The summed E-state index contributed by atoms with van der Waals surface area (Å²) in [5, 5.41) is 2.04. The van der Waals surface area contributed by atoms with Crippen LogP contribution in [0.25, 0.3) is 0 Å². The van der Waals surface area contributed by atoms with Crippen LogP contribution < -0.4 is 21.7 Å². The number of hydrogen-bond acceptors (Lipinski definition) is 7. The Morgan fingerprint density at radius 1 is 0.810 bits per heavy atom. The van der Waals surface area contributed by atoms with Crippen LogP contribution in [0.4, 0.5) is 0 Å². The topological polar surface area (TPSA) is 80.4 Å². The predicted molar refractivity (Wildman–Crippen MR) is 170 cm³/mol. The van der Waals surface area contributed by atoms with Gasteiger partial charge in [-0.3, -0.25) is 0 Å². The van der Waals surface area contributed by atoms with Crippen molar-refractivity contribution in [1.29, 1.82) is 0 Å². The van der Waals surface area contributed by atoms with Crippen molar-refractivity contribution < 1.29 is 35.7 Å². The number of thiazole rings is 1. The molecule has 242 valence electrons. The maximum absolute atomic E-state index is 12.7. The van der Waals surface area contributed by atoms with Crippen LogP contribution in [0.15, 0.2) is 35.5 Å². The van der Waals surface area contributed by atoms with Crippen molar-refractivity contribution in [1.82, 2.24) is 9.97 Å². The molecule has 0 saturated carbocycles. The van der Waals surface area contributed by atoms with Crippen LogP contribution in [0.3, 0.4) is 0 Å². The number of nitrogens with zero attached hydrogens (tertiary/aromatic N) is 3. The first kappa shape index (κ1) is 39.1. The third-order valence-corrected chi connectivity index (χ3v) is 9.15. The van der Waals surface area contributed by atoms with E-state index in [-0.39, 0.29) is 18.5 Å². The summed E-state index contributed by atoms with van der Waals surface area (Å²) < 4.78 is 32.3. The average molecular weight is 646 g/mol. The molecule has 7 nitrogen and oxygen atoms in total. The van der Waals surface area contributed by atoms with Crippen LogP contribution in [0.5, 0.6) is 6.01 Å². The number of unbranched alkanes of at least 4 members (excludes halogenated alkanes) is 15. The summed E-state index contributed by atoms with van der Waals surface area (Å²) >= 11 is 0.584. The van der Waals surface area contributed by atoms with Crippen LogP contribution in [0.2, 0.25) is 0 Å². The number of rotatable bonds is 29. The third kappa shape index (κ3) is 22.6. The fraction of sp³-hybridized carbons (Fsp3) is 0.781. The summed E-state index contributed by atoms with van der Waals surface area (Å²) in [6, 6.07) is 2.05. The highest BCUT2D eigenvalue weighted by molar-refractivity contribution is 7.91. The molecule has 0 N–H and O–H groups in total. The fourth-order valence-electron chi connectivity index (χ4n) is 4.68. The molecule has 2 unspecified atom stereocenters. The third-order valence-electron chi connectivity index (χ3n) is 7.11. The standard InChI is InChI=1S/C32H56N3O4S2.ClH/c1-2-3-4-5-6-7-8-9-10-11-12-13-14-15-16-17-23-38-28-31(39-32-33-19-18-20-34-32)29-41(36)27-25-37-24-21-35-22-26-40-30-35;/h18-20,22,26,30-31H,2-17,21,23-25,27-29H2,1H3;1H/q+1;/p-1. The van der Waals surface area contributed by atoms with Gasteiger partial charge in [-0.15, -0.1) is 0 Å². The Morgan fingerprint density at radius 3 is 1.98 bits per heavy atom. The highest BCUT2D eigenvalue weighted by atomic mass is 35.5. The number of ether oxygens (including phenoxy) is 3. The summed E-state index contributed by atoms with van der Waals surface area (Å²) in [7, 11) is 0. The van der Waals surface area contributed by atoms with Crippen molar-refractivity contribution in [3.63, 3.8) is 0 Å². The molecule has 0 radical (unpaired) electrons. The highest BCUT2D eigenvalue weighted by Gasteiger charge is 2.20. The van der Waals surface area contributed by atoms with E-state index < -0.39 is 11.2 Å². The van der Waals surface area contributed by atoms with Crippen LogP contribution in [0.1, 0.15) is 110 Å². The van der Waals surface area contributed by atoms with E-state index in [9.17, 15) is 4.55 Å². The molecule has 0 spiro atoms. The number of halogens is 1. The summed E-state index contributed by atoms with van der Waals surface area (Å²) in [5.41, 5.74) is 2.05.